The number of hydrogen-bond acceptors (Lipinski definition) is 3. The minimum Gasteiger partial charge on any atom is -0.497 e. The first kappa shape index (κ1) is 13.4. The Morgan fingerprint density at radius 3 is 2.67 bits per heavy atom. The van der Waals surface area contributed by atoms with Crippen molar-refractivity contribution in [2.24, 2.45) is 0 Å². The predicted octanol–water partition coefficient (Wildman–Crippen LogP) is 2.31. The van der Waals surface area contributed by atoms with Crippen LogP contribution >= 0.6 is 0 Å². The summed E-state index contributed by atoms with van der Waals surface area (Å²) in [7, 11) is 1.72. The molecule has 100 valence electrons. The van der Waals surface area contributed by atoms with Crippen LogP contribution in [0.3, 0.4) is 0 Å². The summed E-state index contributed by atoms with van der Waals surface area (Å²) in [5, 5.41) is 0. The van der Waals surface area contributed by atoms with Crippen molar-refractivity contribution in [3.63, 3.8) is 0 Å². The number of morpholine rings is 1. The third-order valence-corrected chi connectivity index (χ3v) is 3.57. The van der Waals surface area contributed by atoms with Crippen molar-refractivity contribution in [2.75, 3.05) is 40.0 Å². The lowest BCUT2D eigenvalue weighted by Crippen LogP contribution is -2.43. The fourth-order valence-corrected chi connectivity index (χ4v) is 2.45. The molecule has 18 heavy (non-hydrogen) atoms. The van der Waals surface area contributed by atoms with Crippen LogP contribution in [0.4, 0.5) is 0 Å². The fraction of sp³-hybridized carbons (Fsp3) is 0.600. The minimum atomic E-state index is 0.131. The van der Waals surface area contributed by atoms with Crippen molar-refractivity contribution in [1.29, 1.82) is 0 Å². The molecule has 0 radical (unpaired) electrons. The lowest BCUT2D eigenvalue weighted by atomic mass is 9.84. The molecule has 2 rings (SSSR count). The summed E-state index contributed by atoms with van der Waals surface area (Å²) in [5.41, 5.74) is 1.46. The molecule has 0 unspecified atom stereocenters. The molecule has 0 bridgehead atoms. The van der Waals surface area contributed by atoms with E-state index < -0.39 is 0 Å². The number of nitrogens with zero attached hydrogens (tertiary/aromatic N) is 1. The van der Waals surface area contributed by atoms with Crippen molar-refractivity contribution >= 4 is 0 Å². The Balaban J connectivity index is 2.08. The molecule has 0 spiro atoms. The Labute approximate surface area is 110 Å². The smallest absolute Gasteiger partial charge is 0.119 e. The largest absolute Gasteiger partial charge is 0.497 e. The molecule has 1 aromatic carbocycles. The second-order valence-corrected chi connectivity index (χ2v) is 5.50. The summed E-state index contributed by atoms with van der Waals surface area (Å²) >= 11 is 0. The quantitative estimate of drug-likeness (QED) is 0.817. The Morgan fingerprint density at radius 2 is 2.00 bits per heavy atom. The zero-order valence-corrected chi connectivity index (χ0v) is 11.6. The number of rotatable bonds is 4. The maximum atomic E-state index is 5.39. The summed E-state index contributed by atoms with van der Waals surface area (Å²) in [5.74, 6) is 0.933. The second kappa shape index (κ2) is 5.72. The van der Waals surface area contributed by atoms with Crippen molar-refractivity contribution in [1.82, 2.24) is 4.90 Å². The standard InChI is InChI=1S/C15H23NO2/c1-15(2,12-16-7-9-18-10-8-16)13-5-4-6-14(11-13)17-3/h4-6,11H,7-10,12H2,1-3H3. The number of ether oxygens (including phenoxy) is 2. The van der Waals surface area contributed by atoms with E-state index in [1.165, 1.54) is 5.56 Å². The Bertz CT molecular complexity index is 384. The van der Waals surface area contributed by atoms with Gasteiger partial charge in [0.25, 0.3) is 0 Å². The summed E-state index contributed by atoms with van der Waals surface area (Å²) in [6.45, 7) is 9.42. The van der Waals surface area contributed by atoms with Gasteiger partial charge in [0.15, 0.2) is 0 Å². The first-order valence-electron chi connectivity index (χ1n) is 6.56. The highest BCUT2D eigenvalue weighted by Crippen LogP contribution is 2.27. The van der Waals surface area contributed by atoms with Gasteiger partial charge < -0.3 is 9.47 Å². The van der Waals surface area contributed by atoms with Crippen LogP contribution in [0.1, 0.15) is 19.4 Å². The average molecular weight is 249 g/mol. The monoisotopic (exact) mass is 249 g/mol. The van der Waals surface area contributed by atoms with E-state index in [1.807, 2.05) is 6.07 Å². The summed E-state index contributed by atoms with van der Waals surface area (Å²) in [4.78, 5) is 2.48. The Kier molecular flexibility index (Phi) is 4.25. The molecular weight excluding hydrogens is 226 g/mol. The molecule has 0 atom stereocenters. The molecule has 1 aromatic rings. The van der Waals surface area contributed by atoms with Crippen LogP contribution in [0.15, 0.2) is 24.3 Å². The highest BCUT2D eigenvalue weighted by atomic mass is 16.5. The maximum Gasteiger partial charge on any atom is 0.119 e. The predicted molar refractivity (Wildman–Crippen MR) is 73.3 cm³/mol. The third kappa shape index (κ3) is 3.24. The average Bonchev–Trinajstić information content (AvgIpc) is 2.39. The number of hydrogen-bond donors (Lipinski definition) is 0. The van der Waals surface area contributed by atoms with E-state index in [9.17, 15) is 0 Å². The van der Waals surface area contributed by atoms with E-state index in [0.717, 1.165) is 38.6 Å². The van der Waals surface area contributed by atoms with Gasteiger partial charge in [0.2, 0.25) is 0 Å². The number of methoxy groups -OCH3 is 1. The molecule has 1 saturated heterocycles. The SMILES string of the molecule is COc1cccc(C(C)(C)CN2CCOCC2)c1. The van der Waals surface area contributed by atoms with Crippen LogP contribution in [0.25, 0.3) is 0 Å². The first-order chi connectivity index (χ1) is 8.62. The van der Waals surface area contributed by atoms with E-state index in [0.29, 0.717) is 0 Å². The van der Waals surface area contributed by atoms with Crippen molar-refractivity contribution in [3.05, 3.63) is 29.8 Å². The highest BCUT2D eigenvalue weighted by molar-refractivity contribution is 5.33. The third-order valence-electron chi connectivity index (χ3n) is 3.57. The van der Waals surface area contributed by atoms with E-state index >= 15 is 0 Å². The zero-order valence-electron chi connectivity index (χ0n) is 11.6. The highest BCUT2D eigenvalue weighted by Gasteiger charge is 2.25. The normalized spacial score (nSPS) is 17.7. The van der Waals surface area contributed by atoms with E-state index in [2.05, 4.69) is 36.9 Å². The molecule has 0 amide bonds. The van der Waals surface area contributed by atoms with Gasteiger partial charge >= 0.3 is 0 Å². The van der Waals surface area contributed by atoms with Crippen molar-refractivity contribution < 1.29 is 9.47 Å². The fourth-order valence-electron chi connectivity index (χ4n) is 2.45. The van der Waals surface area contributed by atoms with Crippen LogP contribution in [-0.2, 0) is 10.2 Å². The molecule has 3 heteroatoms. The van der Waals surface area contributed by atoms with Gasteiger partial charge in [-0.3, -0.25) is 4.90 Å². The van der Waals surface area contributed by atoms with Gasteiger partial charge in [0.1, 0.15) is 5.75 Å². The summed E-state index contributed by atoms with van der Waals surface area (Å²) in [6.07, 6.45) is 0. The van der Waals surface area contributed by atoms with Crippen molar-refractivity contribution in [3.8, 4) is 5.75 Å². The number of benzene rings is 1. The van der Waals surface area contributed by atoms with Crippen LogP contribution in [0.5, 0.6) is 5.75 Å². The van der Waals surface area contributed by atoms with Crippen LogP contribution in [-0.4, -0.2) is 44.9 Å². The van der Waals surface area contributed by atoms with Gasteiger partial charge in [-0.15, -0.1) is 0 Å². The second-order valence-electron chi connectivity index (χ2n) is 5.50. The molecule has 1 aliphatic rings. The van der Waals surface area contributed by atoms with Gasteiger partial charge in [-0.2, -0.15) is 0 Å². The van der Waals surface area contributed by atoms with E-state index in [-0.39, 0.29) is 5.41 Å². The summed E-state index contributed by atoms with van der Waals surface area (Å²) < 4.78 is 10.7. The molecule has 1 heterocycles. The zero-order chi connectivity index (χ0) is 13.0. The van der Waals surface area contributed by atoms with Gasteiger partial charge in [0.05, 0.1) is 20.3 Å². The molecule has 0 aliphatic carbocycles. The van der Waals surface area contributed by atoms with E-state index in [4.69, 9.17) is 9.47 Å². The topological polar surface area (TPSA) is 21.7 Å². The minimum absolute atomic E-state index is 0.131. The molecular formula is C15H23NO2. The molecule has 1 aliphatic heterocycles. The first-order valence-corrected chi connectivity index (χ1v) is 6.56. The van der Waals surface area contributed by atoms with Crippen LogP contribution < -0.4 is 4.74 Å². The maximum absolute atomic E-state index is 5.39. The molecule has 0 aromatic heterocycles. The van der Waals surface area contributed by atoms with Gasteiger partial charge in [-0.1, -0.05) is 26.0 Å². The Morgan fingerprint density at radius 1 is 1.28 bits per heavy atom. The van der Waals surface area contributed by atoms with Gasteiger partial charge in [-0.05, 0) is 17.7 Å². The lowest BCUT2D eigenvalue weighted by Gasteiger charge is -2.35. The van der Waals surface area contributed by atoms with Gasteiger partial charge in [0, 0.05) is 25.0 Å². The molecule has 3 nitrogen and oxygen atoms in total. The summed E-state index contributed by atoms with van der Waals surface area (Å²) in [6, 6.07) is 8.38. The lowest BCUT2D eigenvalue weighted by molar-refractivity contribution is 0.0295. The molecule has 1 fully saturated rings. The molecule has 0 N–H and O–H groups in total. The Hall–Kier alpha value is -1.06. The van der Waals surface area contributed by atoms with Crippen LogP contribution in [0, 0.1) is 0 Å². The van der Waals surface area contributed by atoms with Crippen molar-refractivity contribution in [2.45, 2.75) is 19.3 Å². The van der Waals surface area contributed by atoms with Crippen LogP contribution in [0.2, 0.25) is 0 Å². The molecule has 0 saturated carbocycles. The van der Waals surface area contributed by atoms with Gasteiger partial charge in [-0.25, -0.2) is 0 Å². The van der Waals surface area contributed by atoms with E-state index in [1.54, 1.807) is 7.11 Å².